The molecule has 0 N–H and O–H groups in total. The molecule has 0 amide bonds. The summed E-state index contributed by atoms with van der Waals surface area (Å²) in [5.74, 6) is 0.0425. The molecule has 0 aromatic rings. The first-order valence-electron chi connectivity index (χ1n) is 4.46. The Labute approximate surface area is 80.9 Å². The van der Waals surface area contributed by atoms with Crippen molar-refractivity contribution in [3.63, 3.8) is 0 Å². The van der Waals surface area contributed by atoms with Crippen LogP contribution in [0.2, 0.25) is 0 Å². The summed E-state index contributed by atoms with van der Waals surface area (Å²) in [6, 6.07) is 0. The van der Waals surface area contributed by atoms with Crippen molar-refractivity contribution in [2.75, 3.05) is 25.6 Å². The summed E-state index contributed by atoms with van der Waals surface area (Å²) >= 11 is -2.06. The first kappa shape index (κ1) is 11.1. The maximum atomic E-state index is 10.6. The SMILES string of the molecule is CCOC1(CS(=O)[O-])CCCOC1. The van der Waals surface area contributed by atoms with Crippen LogP contribution in [-0.4, -0.2) is 39.9 Å². The zero-order valence-electron chi connectivity index (χ0n) is 7.78. The fraction of sp³-hybridized carbons (Fsp3) is 1.00. The maximum Gasteiger partial charge on any atom is 0.102 e. The molecule has 1 fully saturated rings. The third-order valence-corrected chi connectivity index (χ3v) is 2.88. The van der Waals surface area contributed by atoms with Gasteiger partial charge in [-0.25, -0.2) is 0 Å². The van der Waals surface area contributed by atoms with Crippen LogP contribution in [0.1, 0.15) is 19.8 Å². The predicted octanol–water partition coefficient (Wildman–Crippen LogP) is 0.451. The molecule has 1 heterocycles. The normalized spacial score (nSPS) is 31.5. The molecule has 5 heteroatoms. The molecule has 1 aliphatic rings. The fourth-order valence-electron chi connectivity index (χ4n) is 1.62. The first-order chi connectivity index (χ1) is 6.18. The molecular weight excluding hydrogens is 192 g/mol. The molecule has 0 radical (unpaired) electrons. The van der Waals surface area contributed by atoms with Crippen LogP contribution in [0, 0.1) is 0 Å². The summed E-state index contributed by atoms with van der Waals surface area (Å²) in [7, 11) is 0. The molecule has 1 rings (SSSR count). The second kappa shape index (κ2) is 5.05. The first-order valence-corrected chi connectivity index (χ1v) is 5.70. The average molecular weight is 207 g/mol. The Morgan fingerprint density at radius 2 is 2.46 bits per heavy atom. The molecule has 2 atom stereocenters. The molecule has 0 aromatic carbocycles. The maximum absolute atomic E-state index is 10.6. The van der Waals surface area contributed by atoms with Crippen molar-refractivity contribution >= 4 is 11.1 Å². The Hall–Kier alpha value is 0.0300. The second-order valence-corrected chi connectivity index (χ2v) is 4.12. The largest absolute Gasteiger partial charge is 0.772 e. The van der Waals surface area contributed by atoms with E-state index in [-0.39, 0.29) is 5.75 Å². The van der Waals surface area contributed by atoms with E-state index in [1.54, 1.807) is 0 Å². The lowest BCUT2D eigenvalue weighted by atomic mass is 9.99. The smallest absolute Gasteiger partial charge is 0.102 e. The van der Waals surface area contributed by atoms with Crippen LogP contribution in [0.5, 0.6) is 0 Å². The highest BCUT2D eigenvalue weighted by Crippen LogP contribution is 2.24. The molecule has 2 unspecified atom stereocenters. The highest BCUT2D eigenvalue weighted by Gasteiger charge is 2.33. The summed E-state index contributed by atoms with van der Waals surface area (Å²) < 4.78 is 31.9. The lowest BCUT2D eigenvalue weighted by molar-refractivity contribution is -0.111. The predicted molar refractivity (Wildman–Crippen MR) is 48.2 cm³/mol. The molecular formula is C8H15O4S-. The Morgan fingerprint density at radius 1 is 1.69 bits per heavy atom. The van der Waals surface area contributed by atoms with Gasteiger partial charge in [-0.1, -0.05) is 11.1 Å². The van der Waals surface area contributed by atoms with Crippen LogP contribution < -0.4 is 0 Å². The number of ether oxygens (including phenoxy) is 2. The molecule has 13 heavy (non-hydrogen) atoms. The lowest BCUT2D eigenvalue weighted by Crippen LogP contribution is -2.46. The van der Waals surface area contributed by atoms with Gasteiger partial charge in [-0.2, -0.15) is 0 Å². The van der Waals surface area contributed by atoms with E-state index >= 15 is 0 Å². The summed E-state index contributed by atoms with van der Waals surface area (Å²) in [5, 5.41) is 0. The van der Waals surface area contributed by atoms with Crippen molar-refractivity contribution in [3.05, 3.63) is 0 Å². The zero-order valence-corrected chi connectivity index (χ0v) is 8.60. The van der Waals surface area contributed by atoms with Crippen LogP contribution in [0.15, 0.2) is 0 Å². The minimum atomic E-state index is -2.06. The van der Waals surface area contributed by atoms with Gasteiger partial charge in [-0.15, -0.1) is 0 Å². The van der Waals surface area contributed by atoms with Crippen LogP contribution >= 0.6 is 0 Å². The van der Waals surface area contributed by atoms with E-state index in [1.165, 1.54) is 0 Å². The molecule has 0 aromatic heterocycles. The lowest BCUT2D eigenvalue weighted by Gasteiger charge is -2.37. The van der Waals surface area contributed by atoms with Crippen LogP contribution in [0.3, 0.4) is 0 Å². The second-order valence-electron chi connectivity index (χ2n) is 3.22. The van der Waals surface area contributed by atoms with Crippen LogP contribution in [0.25, 0.3) is 0 Å². The van der Waals surface area contributed by atoms with Crippen molar-refractivity contribution in [1.82, 2.24) is 0 Å². The molecule has 1 aliphatic heterocycles. The van der Waals surface area contributed by atoms with Gasteiger partial charge in [0.2, 0.25) is 0 Å². The van der Waals surface area contributed by atoms with E-state index in [0.29, 0.717) is 19.8 Å². The summed E-state index contributed by atoms with van der Waals surface area (Å²) in [4.78, 5) is 0. The van der Waals surface area contributed by atoms with Gasteiger partial charge in [0.15, 0.2) is 0 Å². The fourth-order valence-corrected chi connectivity index (χ4v) is 2.36. The minimum Gasteiger partial charge on any atom is -0.772 e. The van der Waals surface area contributed by atoms with Crippen molar-refractivity contribution in [1.29, 1.82) is 0 Å². The molecule has 78 valence electrons. The Kier molecular flexibility index (Phi) is 4.31. The Bertz CT molecular complexity index is 171. The highest BCUT2D eigenvalue weighted by molar-refractivity contribution is 7.79. The van der Waals surface area contributed by atoms with Gasteiger partial charge in [0, 0.05) is 19.0 Å². The topological polar surface area (TPSA) is 58.6 Å². The third-order valence-electron chi connectivity index (χ3n) is 2.12. The van der Waals surface area contributed by atoms with Crippen molar-refractivity contribution in [3.8, 4) is 0 Å². The zero-order chi connectivity index (χ0) is 9.73. The van der Waals surface area contributed by atoms with Crippen molar-refractivity contribution in [2.24, 2.45) is 0 Å². The molecule has 0 aliphatic carbocycles. The third kappa shape index (κ3) is 3.34. The van der Waals surface area contributed by atoms with E-state index in [4.69, 9.17) is 9.47 Å². The highest BCUT2D eigenvalue weighted by atomic mass is 32.2. The molecule has 4 nitrogen and oxygen atoms in total. The van der Waals surface area contributed by atoms with Gasteiger partial charge in [-0.3, -0.25) is 4.21 Å². The standard InChI is InChI=1S/C8H16O4S/c1-2-12-8(7-13(9)10)4-3-5-11-6-8/h2-7H2,1H3,(H,9,10)/p-1. The molecule has 1 saturated heterocycles. The molecule has 0 bridgehead atoms. The van der Waals surface area contributed by atoms with Crippen molar-refractivity contribution in [2.45, 2.75) is 25.4 Å². The van der Waals surface area contributed by atoms with Gasteiger partial charge in [0.05, 0.1) is 6.61 Å². The van der Waals surface area contributed by atoms with Gasteiger partial charge < -0.3 is 14.0 Å². The van der Waals surface area contributed by atoms with E-state index in [9.17, 15) is 8.76 Å². The minimum absolute atomic E-state index is 0.0425. The summed E-state index contributed by atoms with van der Waals surface area (Å²) in [5.41, 5.74) is -0.584. The number of rotatable bonds is 4. The molecule has 0 spiro atoms. The van der Waals surface area contributed by atoms with E-state index in [2.05, 4.69) is 0 Å². The Balaban J connectivity index is 2.55. The van der Waals surface area contributed by atoms with E-state index < -0.39 is 16.7 Å². The van der Waals surface area contributed by atoms with Crippen LogP contribution in [-0.2, 0) is 20.6 Å². The monoisotopic (exact) mass is 207 g/mol. The van der Waals surface area contributed by atoms with E-state index in [1.807, 2.05) is 6.92 Å². The Morgan fingerprint density at radius 3 is 2.92 bits per heavy atom. The summed E-state index contributed by atoms with van der Waals surface area (Å²) in [6.07, 6.45) is 1.64. The van der Waals surface area contributed by atoms with Gasteiger partial charge in [-0.05, 0) is 19.8 Å². The average Bonchev–Trinajstić information content (AvgIpc) is 2.04. The number of hydrogen-bond donors (Lipinski definition) is 0. The van der Waals surface area contributed by atoms with Crippen molar-refractivity contribution < 1.29 is 18.2 Å². The van der Waals surface area contributed by atoms with Crippen LogP contribution in [0.4, 0.5) is 0 Å². The number of hydrogen-bond acceptors (Lipinski definition) is 4. The summed E-state index contributed by atoms with van der Waals surface area (Å²) in [6.45, 7) is 3.50. The van der Waals surface area contributed by atoms with Gasteiger partial charge >= 0.3 is 0 Å². The quantitative estimate of drug-likeness (QED) is 0.628. The molecule has 0 saturated carbocycles. The van der Waals surface area contributed by atoms with Gasteiger partial charge in [0.25, 0.3) is 0 Å². The van der Waals surface area contributed by atoms with Gasteiger partial charge in [0.1, 0.15) is 5.60 Å². The van der Waals surface area contributed by atoms with E-state index in [0.717, 1.165) is 12.8 Å².